The fourth-order valence-electron chi connectivity index (χ4n) is 1.88. The average Bonchev–Trinajstić information content (AvgIpc) is 3.07. The first-order chi connectivity index (χ1) is 8.15. The number of nitrogens with one attached hydrogen (secondary N) is 1. The maximum absolute atomic E-state index is 11.9. The van der Waals surface area contributed by atoms with E-state index in [0.717, 1.165) is 24.0 Å². The molecule has 0 bridgehead atoms. The SMILES string of the molecule is [C-]#[N+]CC1(NCC(=O)c2cccc(C)c2)CC1. The molecule has 1 aromatic rings. The molecule has 2 rings (SSSR count). The van der Waals surface area contributed by atoms with Gasteiger partial charge in [-0.1, -0.05) is 23.8 Å². The molecule has 0 radical (unpaired) electrons. The molecule has 0 saturated heterocycles. The summed E-state index contributed by atoms with van der Waals surface area (Å²) in [7, 11) is 0. The lowest BCUT2D eigenvalue weighted by Crippen LogP contribution is -2.37. The molecule has 0 unspecified atom stereocenters. The summed E-state index contributed by atoms with van der Waals surface area (Å²) < 4.78 is 0. The lowest BCUT2D eigenvalue weighted by Gasteiger charge is -2.10. The monoisotopic (exact) mass is 228 g/mol. The first-order valence-electron chi connectivity index (χ1n) is 5.83. The highest BCUT2D eigenvalue weighted by atomic mass is 16.1. The van der Waals surface area contributed by atoms with E-state index < -0.39 is 0 Å². The van der Waals surface area contributed by atoms with Gasteiger partial charge in [-0.05, 0) is 25.8 Å². The lowest BCUT2D eigenvalue weighted by atomic mass is 10.1. The van der Waals surface area contributed by atoms with Crippen LogP contribution in [0.3, 0.4) is 0 Å². The van der Waals surface area contributed by atoms with Crippen LogP contribution in [-0.2, 0) is 0 Å². The van der Waals surface area contributed by atoms with Crippen molar-refractivity contribution in [3.63, 3.8) is 0 Å². The van der Waals surface area contributed by atoms with E-state index in [1.807, 2.05) is 31.2 Å². The number of aryl methyl sites for hydroxylation is 1. The Morgan fingerprint density at radius 1 is 1.53 bits per heavy atom. The van der Waals surface area contributed by atoms with Gasteiger partial charge in [-0.25, -0.2) is 6.57 Å². The zero-order valence-electron chi connectivity index (χ0n) is 9.99. The number of hydrogen-bond acceptors (Lipinski definition) is 2. The van der Waals surface area contributed by atoms with Crippen molar-refractivity contribution in [3.8, 4) is 0 Å². The highest BCUT2D eigenvalue weighted by Crippen LogP contribution is 2.35. The van der Waals surface area contributed by atoms with Crippen molar-refractivity contribution in [2.24, 2.45) is 0 Å². The zero-order valence-corrected chi connectivity index (χ0v) is 9.99. The topological polar surface area (TPSA) is 33.5 Å². The predicted octanol–water partition coefficient (Wildman–Crippen LogP) is 2.22. The van der Waals surface area contributed by atoms with Crippen LogP contribution in [0.4, 0.5) is 0 Å². The van der Waals surface area contributed by atoms with Crippen molar-refractivity contribution in [2.45, 2.75) is 25.3 Å². The predicted molar refractivity (Wildman–Crippen MR) is 66.9 cm³/mol. The summed E-state index contributed by atoms with van der Waals surface area (Å²) in [4.78, 5) is 15.3. The molecule has 0 aromatic heterocycles. The van der Waals surface area contributed by atoms with E-state index in [-0.39, 0.29) is 11.3 Å². The molecule has 0 aliphatic heterocycles. The minimum Gasteiger partial charge on any atom is -0.315 e. The molecule has 1 aliphatic carbocycles. The molecule has 3 nitrogen and oxygen atoms in total. The van der Waals surface area contributed by atoms with Gasteiger partial charge < -0.3 is 4.85 Å². The molecule has 1 N–H and O–H groups in total. The van der Waals surface area contributed by atoms with Crippen molar-refractivity contribution >= 4 is 5.78 Å². The Hall–Kier alpha value is -1.66. The molecule has 1 fully saturated rings. The van der Waals surface area contributed by atoms with E-state index in [1.54, 1.807) is 0 Å². The first-order valence-corrected chi connectivity index (χ1v) is 5.83. The van der Waals surface area contributed by atoms with Gasteiger partial charge in [0, 0.05) is 5.56 Å². The Kier molecular flexibility index (Phi) is 3.26. The van der Waals surface area contributed by atoms with Crippen LogP contribution in [0.25, 0.3) is 4.85 Å². The molecule has 0 atom stereocenters. The molecule has 1 aromatic carbocycles. The van der Waals surface area contributed by atoms with Gasteiger partial charge in [-0.2, -0.15) is 0 Å². The summed E-state index contributed by atoms with van der Waals surface area (Å²) in [5, 5.41) is 3.23. The average molecular weight is 228 g/mol. The molecule has 88 valence electrons. The van der Waals surface area contributed by atoms with Crippen LogP contribution in [0.5, 0.6) is 0 Å². The fraction of sp³-hybridized carbons (Fsp3) is 0.429. The number of benzene rings is 1. The molecule has 17 heavy (non-hydrogen) atoms. The highest BCUT2D eigenvalue weighted by Gasteiger charge is 2.45. The van der Waals surface area contributed by atoms with Crippen molar-refractivity contribution in [2.75, 3.05) is 13.1 Å². The van der Waals surface area contributed by atoms with Crippen molar-refractivity contribution in [1.29, 1.82) is 0 Å². The van der Waals surface area contributed by atoms with Crippen molar-refractivity contribution < 1.29 is 4.79 Å². The van der Waals surface area contributed by atoms with Gasteiger partial charge in [-0.3, -0.25) is 10.1 Å². The smallest absolute Gasteiger partial charge is 0.232 e. The normalized spacial score (nSPS) is 16.2. The van der Waals surface area contributed by atoms with Gasteiger partial charge in [-0.15, -0.1) is 0 Å². The number of carbonyl (C=O) groups is 1. The largest absolute Gasteiger partial charge is 0.315 e. The minimum absolute atomic E-state index is 0.0682. The quantitative estimate of drug-likeness (QED) is 0.619. The van der Waals surface area contributed by atoms with Gasteiger partial charge >= 0.3 is 0 Å². The minimum atomic E-state index is -0.0682. The summed E-state index contributed by atoms with van der Waals surface area (Å²) >= 11 is 0. The van der Waals surface area contributed by atoms with E-state index in [4.69, 9.17) is 6.57 Å². The van der Waals surface area contributed by atoms with Gasteiger partial charge in [0.1, 0.15) is 0 Å². The number of Topliss-reactive ketones (excluding diaryl/α,β-unsaturated/α-hetero) is 1. The van der Waals surface area contributed by atoms with Crippen LogP contribution >= 0.6 is 0 Å². The Balaban J connectivity index is 1.92. The number of ketones is 1. The van der Waals surface area contributed by atoms with E-state index in [9.17, 15) is 4.79 Å². The second kappa shape index (κ2) is 4.68. The number of nitrogens with zero attached hydrogens (tertiary/aromatic N) is 1. The molecule has 3 heteroatoms. The summed E-state index contributed by atoms with van der Waals surface area (Å²) in [5.74, 6) is 0.102. The van der Waals surface area contributed by atoms with E-state index in [0.29, 0.717) is 13.1 Å². The lowest BCUT2D eigenvalue weighted by molar-refractivity contribution is 0.0986. The molecule has 1 saturated carbocycles. The van der Waals surface area contributed by atoms with Gasteiger partial charge in [0.15, 0.2) is 5.78 Å². The molecule has 0 spiro atoms. The summed E-state index contributed by atoms with van der Waals surface area (Å²) in [5.41, 5.74) is 1.77. The Bertz CT molecular complexity index is 469. The Labute approximate surface area is 102 Å². The van der Waals surface area contributed by atoms with E-state index in [1.165, 1.54) is 0 Å². The third kappa shape index (κ3) is 2.92. The van der Waals surface area contributed by atoms with Crippen LogP contribution in [-0.4, -0.2) is 24.4 Å². The maximum Gasteiger partial charge on any atom is 0.232 e. The number of carbonyl (C=O) groups excluding carboxylic acids is 1. The summed E-state index contributed by atoms with van der Waals surface area (Å²) in [6.45, 7) is 9.67. The molecule has 0 amide bonds. The number of rotatable bonds is 5. The van der Waals surface area contributed by atoms with Gasteiger partial charge in [0.25, 0.3) is 0 Å². The Morgan fingerprint density at radius 3 is 2.88 bits per heavy atom. The summed E-state index contributed by atoms with van der Waals surface area (Å²) in [6.07, 6.45) is 2.02. The molecular formula is C14H16N2O. The van der Waals surface area contributed by atoms with E-state index in [2.05, 4.69) is 10.2 Å². The van der Waals surface area contributed by atoms with Crippen LogP contribution in [0, 0.1) is 13.5 Å². The zero-order chi connectivity index (χ0) is 12.3. The second-order valence-electron chi connectivity index (χ2n) is 4.74. The van der Waals surface area contributed by atoms with Crippen LogP contribution in [0.1, 0.15) is 28.8 Å². The number of hydrogen-bond donors (Lipinski definition) is 1. The van der Waals surface area contributed by atoms with E-state index >= 15 is 0 Å². The second-order valence-corrected chi connectivity index (χ2v) is 4.74. The van der Waals surface area contributed by atoms with Gasteiger partial charge in [0.2, 0.25) is 6.54 Å². The van der Waals surface area contributed by atoms with Gasteiger partial charge in [0.05, 0.1) is 12.1 Å². The maximum atomic E-state index is 11.9. The van der Waals surface area contributed by atoms with Crippen molar-refractivity contribution in [1.82, 2.24) is 5.32 Å². The molecule has 0 heterocycles. The first kappa shape index (κ1) is 11.8. The van der Waals surface area contributed by atoms with Crippen LogP contribution < -0.4 is 5.32 Å². The molecule has 1 aliphatic rings. The van der Waals surface area contributed by atoms with Crippen LogP contribution in [0.15, 0.2) is 24.3 Å². The fourth-order valence-corrected chi connectivity index (χ4v) is 1.88. The standard InChI is InChI=1S/C14H16N2O/c1-11-4-3-5-12(8-11)13(17)9-16-14(6-7-14)10-15-2/h3-5,8,16H,6-7,9-10H2,1H3. The van der Waals surface area contributed by atoms with Crippen molar-refractivity contribution in [3.05, 3.63) is 46.8 Å². The third-order valence-electron chi connectivity index (χ3n) is 3.20. The third-order valence-corrected chi connectivity index (χ3v) is 3.20. The molecular weight excluding hydrogens is 212 g/mol. The highest BCUT2D eigenvalue weighted by molar-refractivity contribution is 5.97. The Morgan fingerprint density at radius 2 is 2.29 bits per heavy atom. The van der Waals surface area contributed by atoms with Crippen LogP contribution in [0.2, 0.25) is 0 Å². The summed E-state index contributed by atoms with van der Waals surface area (Å²) in [6, 6.07) is 7.62.